The van der Waals surface area contributed by atoms with E-state index in [0.717, 1.165) is 23.2 Å². The van der Waals surface area contributed by atoms with Crippen molar-refractivity contribution in [2.75, 3.05) is 0 Å². The summed E-state index contributed by atoms with van der Waals surface area (Å²) in [6.45, 7) is 4.95. The van der Waals surface area contributed by atoms with Gasteiger partial charge in [0.15, 0.2) is 0 Å². The molecule has 0 amide bonds. The molecule has 0 radical (unpaired) electrons. The van der Waals surface area contributed by atoms with Crippen LogP contribution in [0.15, 0.2) is 64.6 Å². The van der Waals surface area contributed by atoms with Gasteiger partial charge < -0.3 is 0 Å². The highest BCUT2D eigenvalue weighted by Gasteiger charge is 1.97. The Labute approximate surface area is 139 Å². The molecule has 2 aromatic rings. The Morgan fingerprint density at radius 3 is 2.43 bits per heavy atom. The summed E-state index contributed by atoms with van der Waals surface area (Å²) >= 11 is 0. The molecule has 2 nitrogen and oxygen atoms in total. The summed E-state index contributed by atoms with van der Waals surface area (Å²) < 4.78 is 0. The second-order valence-electron chi connectivity index (χ2n) is 5.77. The molecule has 0 aliphatic heterocycles. The van der Waals surface area contributed by atoms with Crippen molar-refractivity contribution in [2.24, 2.45) is 15.9 Å². The minimum atomic E-state index is 0.598. The molecule has 0 unspecified atom stereocenters. The predicted molar refractivity (Wildman–Crippen MR) is 97.0 cm³/mol. The van der Waals surface area contributed by atoms with Crippen molar-refractivity contribution >= 4 is 11.7 Å². The maximum absolute atomic E-state index is 4.35. The van der Waals surface area contributed by atoms with Crippen molar-refractivity contribution in [3.05, 3.63) is 65.7 Å². The topological polar surface area (TPSA) is 24.7 Å². The van der Waals surface area contributed by atoms with E-state index in [-0.39, 0.29) is 0 Å². The number of para-hydroxylation sites is 1. The molecule has 0 N–H and O–H groups in total. The zero-order valence-corrected chi connectivity index (χ0v) is 13.8. The molecule has 2 aromatic carbocycles. The van der Waals surface area contributed by atoms with Gasteiger partial charge in [0, 0.05) is 12.8 Å². The molecular formula is C21H22N2. The third-order valence-electron chi connectivity index (χ3n) is 3.25. The highest BCUT2D eigenvalue weighted by molar-refractivity contribution is 5.56. The summed E-state index contributed by atoms with van der Waals surface area (Å²) in [5.41, 5.74) is 3.16. The van der Waals surface area contributed by atoms with Crippen LogP contribution in [0.4, 0.5) is 5.69 Å². The summed E-state index contributed by atoms with van der Waals surface area (Å²) in [4.78, 5) is 8.60. The molecule has 2 rings (SSSR count). The van der Waals surface area contributed by atoms with Crippen molar-refractivity contribution in [3.8, 4) is 11.8 Å². The van der Waals surface area contributed by atoms with E-state index < -0.39 is 0 Å². The van der Waals surface area contributed by atoms with Crippen molar-refractivity contribution in [1.82, 2.24) is 0 Å². The summed E-state index contributed by atoms with van der Waals surface area (Å²) in [6, 6.07) is 20.9. The predicted octanol–water partition coefficient (Wildman–Crippen LogP) is 5.28. The fourth-order valence-corrected chi connectivity index (χ4v) is 2.00. The van der Waals surface area contributed by atoms with Crippen molar-refractivity contribution in [1.29, 1.82) is 0 Å². The minimum absolute atomic E-state index is 0.598. The van der Waals surface area contributed by atoms with Gasteiger partial charge in [-0.15, -0.1) is 5.92 Å². The van der Waals surface area contributed by atoms with Gasteiger partial charge in [-0.2, -0.15) is 4.99 Å². The first-order chi connectivity index (χ1) is 11.3. The first kappa shape index (κ1) is 16.7. The highest BCUT2D eigenvalue weighted by atomic mass is 14.8. The van der Waals surface area contributed by atoms with Gasteiger partial charge in [0.2, 0.25) is 0 Å². The highest BCUT2D eigenvalue weighted by Crippen LogP contribution is 2.18. The smallest absolute Gasteiger partial charge is 0.0952 e. The number of hydrogen-bond donors (Lipinski definition) is 0. The van der Waals surface area contributed by atoms with Crippen LogP contribution in [0.3, 0.4) is 0 Å². The molecule has 23 heavy (non-hydrogen) atoms. The van der Waals surface area contributed by atoms with E-state index in [4.69, 9.17) is 0 Å². The molecule has 0 atom stereocenters. The number of benzene rings is 2. The number of aliphatic imine (C=N–C) groups is 2. The largest absolute Gasteiger partial charge is 0.221 e. The SMILES string of the molecule is CC(C)CC#CCc1ccccc1N=C=NCc1ccccc1. The lowest BCUT2D eigenvalue weighted by Gasteiger charge is -1.99. The van der Waals surface area contributed by atoms with Gasteiger partial charge in [0.05, 0.1) is 18.2 Å². The van der Waals surface area contributed by atoms with Crippen LogP contribution >= 0.6 is 0 Å². The van der Waals surface area contributed by atoms with Gasteiger partial charge in [-0.1, -0.05) is 68.3 Å². The second-order valence-corrected chi connectivity index (χ2v) is 5.77. The van der Waals surface area contributed by atoms with Gasteiger partial charge in [-0.3, -0.25) is 0 Å². The van der Waals surface area contributed by atoms with Crippen LogP contribution in [0.1, 0.15) is 31.4 Å². The van der Waals surface area contributed by atoms with Crippen LogP contribution in [-0.4, -0.2) is 6.01 Å². The van der Waals surface area contributed by atoms with Gasteiger partial charge in [0.1, 0.15) is 0 Å². The molecule has 0 saturated heterocycles. The fourth-order valence-electron chi connectivity index (χ4n) is 2.00. The Kier molecular flexibility index (Phi) is 6.85. The summed E-state index contributed by atoms with van der Waals surface area (Å²) in [7, 11) is 0. The van der Waals surface area contributed by atoms with Gasteiger partial charge >= 0.3 is 0 Å². The Bertz CT molecular complexity index is 727. The molecule has 0 fully saturated rings. The normalized spacial score (nSPS) is 9.70. The van der Waals surface area contributed by atoms with Gasteiger partial charge in [-0.05, 0) is 23.1 Å². The van der Waals surface area contributed by atoms with Crippen molar-refractivity contribution in [2.45, 2.75) is 33.2 Å². The van der Waals surface area contributed by atoms with Gasteiger partial charge in [0.25, 0.3) is 0 Å². The maximum atomic E-state index is 4.35. The summed E-state index contributed by atoms with van der Waals surface area (Å²) in [6.07, 6.45) is 1.65. The first-order valence-electron chi connectivity index (χ1n) is 7.95. The van der Waals surface area contributed by atoms with Crippen LogP contribution in [0, 0.1) is 17.8 Å². The lowest BCUT2D eigenvalue weighted by atomic mass is 10.1. The van der Waals surface area contributed by atoms with E-state index in [1.807, 2.05) is 48.5 Å². The van der Waals surface area contributed by atoms with E-state index >= 15 is 0 Å². The maximum Gasteiger partial charge on any atom is 0.0952 e. The molecular weight excluding hydrogens is 280 g/mol. The molecule has 0 heterocycles. The van der Waals surface area contributed by atoms with Crippen LogP contribution in [0.25, 0.3) is 0 Å². The van der Waals surface area contributed by atoms with E-state index in [0.29, 0.717) is 18.9 Å². The number of hydrogen-bond acceptors (Lipinski definition) is 2. The third-order valence-corrected chi connectivity index (χ3v) is 3.25. The lowest BCUT2D eigenvalue weighted by Crippen LogP contribution is -1.85. The molecule has 0 aromatic heterocycles. The van der Waals surface area contributed by atoms with Gasteiger partial charge in [-0.25, -0.2) is 4.99 Å². The minimum Gasteiger partial charge on any atom is -0.221 e. The van der Waals surface area contributed by atoms with E-state index in [9.17, 15) is 0 Å². The van der Waals surface area contributed by atoms with Crippen LogP contribution in [-0.2, 0) is 13.0 Å². The summed E-state index contributed by atoms with van der Waals surface area (Å²) in [5, 5.41) is 0. The number of rotatable bonds is 5. The molecule has 0 spiro atoms. The van der Waals surface area contributed by atoms with Crippen molar-refractivity contribution in [3.63, 3.8) is 0 Å². The second kappa shape index (κ2) is 9.41. The molecule has 2 heteroatoms. The Morgan fingerprint density at radius 1 is 0.913 bits per heavy atom. The Balaban J connectivity index is 2.01. The molecule has 0 saturated carbocycles. The Morgan fingerprint density at radius 2 is 1.65 bits per heavy atom. The van der Waals surface area contributed by atoms with Crippen molar-refractivity contribution < 1.29 is 0 Å². The zero-order valence-electron chi connectivity index (χ0n) is 13.8. The molecule has 0 bridgehead atoms. The summed E-state index contributed by atoms with van der Waals surface area (Å²) in [5.74, 6) is 7.05. The monoisotopic (exact) mass is 302 g/mol. The van der Waals surface area contributed by atoms with Crippen LogP contribution in [0.2, 0.25) is 0 Å². The van der Waals surface area contributed by atoms with Crippen LogP contribution in [0.5, 0.6) is 0 Å². The first-order valence-corrected chi connectivity index (χ1v) is 7.95. The lowest BCUT2D eigenvalue weighted by molar-refractivity contribution is 0.675. The molecule has 116 valence electrons. The fraction of sp³-hybridized carbons (Fsp3) is 0.286. The number of nitrogens with zero attached hydrogens (tertiary/aromatic N) is 2. The van der Waals surface area contributed by atoms with E-state index in [1.165, 1.54) is 0 Å². The molecule has 0 aliphatic carbocycles. The average molecular weight is 302 g/mol. The van der Waals surface area contributed by atoms with E-state index in [1.54, 1.807) is 0 Å². The molecule has 0 aliphatic rings. The van der Waals surface area contributed by atoms with E-state index in [2.05, 4.69) is 47.7 Å². The third kappa shape index (κ3) is 6.34. The quantitative estimate of drug-likeness (QED) is 0.530. The Hall–Kier alpha value is -2.62. The van der Waals surface area contributed by atoms with Crippen LogP contribution < -0.4 is 0 Å². The zero-order chi connectivity index (χ0) is 16.3. The standard InChI is InChI=1S/C21H22N2/c1-18(2)10-6-7-13-20-14-8-9-15-21(20)23-17-22-16-19-11-4-3-5-12-19/h3-5,8-9,11-12,14-15,18H,10,13,16H2,1-2H3. The average Bonchev–Trinajstić information content (AvgIpc) is 2.57.